The first-order chi connectivity index (χ1) is 38.0. The molecule has 0 fully saturated rings. The number of carboxylic acids is 1. The van der Waals surface area contributed by atoms with Crippen molar-refractivity contribution in [3.63, 3.8) is 0 Å². The summed E-state index contributed by atoms with van der Waals surface area (Å²) in [5, 5.41) is 8.39. The van der Waals surface area contributed by atoms with Crippen LogP contribution < -0.4 is 4.90 Å². The molecule has 4 aromatic carbocycles. The van der Waals surface area contributed by atoms with Gasteiger partial charge in [-0.3, -0.25) is 9.35 Å². The SMILES string of the molecule is COCCOCCOCCOCCC1(C)/C(=C\C=C\C2=[N+](CCCS(=O)(=O)O)c3ccc4c(S(=O)(=O)[O-])cc(S(=O)(=O)[O-])cc4c3C2(C)CCCS(=O)(=O)[O-])N(CCCCCC(=O)O)c2ccc3c(S(=O)(=O)[O-])cc(S(=O)(=O)[O-])cc3c21. The van der Waals surface area contributed by atoms with Crippen molar-refractivity contribution >= 4 is 105 Å². The number of rotatable bonds is 32. The Bertz CT molecular complexity index is 3900. The van der Waals surface area contributed by atoms with Gasteiger partial charge >= 0.3 is 5.97 Å². The minimum atomic E-state index is -5.54. The molecule has 0 aliphatic carbocycles. The van der Waals surface area contributed by atoms with Crippen LogP contribution in [0.1, 0.15) is 76.3 Å². The van der Waals surface area contributed by atoms with E-state index in [4.69, 9.17) is 18.9 Å². The van der Waals surface area contributed by atoms with E-state index in [1.165, 1.54) is 49.0 Å². The van der Waals surface area contributed by atoms with Crippen LogP contribution in [-0.2, 0) is 95.3 Å². The van der Waals surface area contributed by atoms with Gasteiger partial charge in [0, 0.05) is 78.7 Å². The van der Waals surface area contributed by atoms with Crippen LogP contribution in [0.3, 0.4) is 0 Å². The Morgan fingerprint density at radius 3 is 1.66 bits per heavy atom. The zero-order valence-corrected chi connectivity index (χ0v) is 49.4. The summed E-state index contributed by atoms with van der Waals surface area (Å²) in [6.45, 7) is 4.26. The van der Waals surface area contributed by atoms with E-state index >= 15 is 0 Å². The number of carboxylic acid groups (broad SMARTS) is 1. The van der Waals surface area contributed by atoms with E-state index in [0.717, 1.165) is 18.2 Å². The quantitative estimate of drug-likeness (QED) is 0.0401. The normalized spacial score (nSPS) is 18.6. The summed E-state index contributed by atoms with van der Waals surface area (Å²) >= 11 is 0. The number of fused-ring (bicyclic) bond motifs is 6. The Labute approximate surface area is 475 Å². The van der Waals surface area contributed by atoms with Crippen molar-refractivity contribution in [1.82, 2.24) is 0 Å². The van der Waals surface area contributed by atoms with Crippen LogP contribution in [-0.4, -0.2) is 177 Å². The lowest BCUT2D eigenvalue weighted by Gasteiger charge is -2.31. The lowest BCUT2D eigenvalue weighted by atomic mass is 9.74. The fourth-order valence-electron chi connectivity index (χ4n) is 10.6. The monoisotopic (exact) mass is 1260 g/mol. The predicted octanol–water partition coefficient (Wildman–Crippen LogP) is 3.52. The Balaban J connectivity index is 1.62. The number of ether oxygens (including phenoxy) is 4. The van der Waals surface area contributed by atoms with Gasteiger partial charge in [0.2, 0.25) is 5.69 Å². The molecule has 2 aliphatic heterocycles. The van der Waals surface area contributed by atoms with Gasteiger partial charge in [-0.1, -0.05) is 18.6 Å². The van der Waals surface area contributed by atoms with Gasteiger partial charge in [-0.2, -0.15) is 13.0 Å². The Morgan fingerprint density at radius 1 is 0.610 bits per heavy atom. The van der Waals surface area contributed by atoms with Crippen molar-refractivity contribution in [2.24, 2.45) is 0 Å². The third kappa shape index (κ3) is 16.1. The van der Waals surface area contributed by atoms with Gasteiger partial charge in [0.25, 0.3) is 10.1 Å². The fourth-order valence-corrected chi connectivity index (χ4v) is 14.2. The van der Waals surface area contributed by atoms with E-state index in [1.807, 2.05) is 0 Å². The molecule has 0 saturated heterocycles. The van der Waals surface area contributed by atoms with Crippen LogP contribution in [0.15, 0.2) is 92.0 Å². The van der Waals surface area contributed by atoms with Crippen LogP contribution in [0.4, 0.5) is 11.4 Å². The summed E-state index contributed by atoms with van der Waals surface area (Å²) < 4.78 is 246. The Hall–Kier alpha value is -4.88. The van der Waals surface area contributed by atoms with Crippen LogP contribution in [0.25, 0.3) is 21.5 Å². The third-order valence-electron chi connectivity index (χ3n) is 14.2. The molecule has 454 valence electrons. The zero-order chi connectivity index (χ0) is 60.9. The fraction of sp³-hybridized carbons (Fsp3) is 0.480. The summed E-state index contributed by atoms with van der Waals surface area (Å²) in [5.41, 5.74) is -1.86. The van der Waals surface area contributed by atoms with Gasteiger partial charge in [-0.05, 0) is 110 Å². The molecule has 26 nitrogen and oxygen atoms in total. The van der Waals surface area contributed by atoms with E-state index in [0.29, 0.717) is 49.6 Å². The standard InChI is InChI=1S/C50H64N2O24S6/c1-49(17-8-28-77(55,56)57)44(52(20-9-29-78(58,59)60)40-15-13-36-38(47(40)49)30-34(79(61,62)63)32-42(36)81(67,68)69)10-7-11-45-50(2,18-21-74-24-25-76-27-26-75-23-22-73-3)48-39-31-35(80(64,65)66)33-43(82(70,71)72)37(39)14-16-41(48)51(45)19-6-4-5-12-46(53)54/h7,10-11,13-16,30-33H,4-6,8-9,12,17-29H2,1-3H3,(H6-,53,54,55,56,57,58,59,60,61,62,63,64,65,66,67,68,69,70,71,72)/p-4. The number of hydrogen-bond acceptors (Lipinski definition) is 23. The average Bonchev–Trinajstić information content (AvgIpc) is 2.47. The van der Waals surface area contributed by atoms with E-state index in [-0.39, 0.29) is 122 Å². The van der Waals surface area contributed by atoms with E-state index in [1.54, 1.807) is 17.9 Å². The number of benzene rings is 4. The van der Waals surface area contributed by atoms with Crippen molar-refractivity contribution < 1.29 is 111 Å². The maximum Gasteiger partial charge on any atom is 0.303 e. The van der Waals surface area contributed by atoms with Crippen LogP contribution in [0.5, 0.6) is 0 Å². The number of carbonyl (C=O) groups is 1. The zero-order valence-electron chi connectivity index (χ0n) is 44.5. The molecule has 82 heavy (non-hydrogen) atoms. The first kappa shape index (κ1) is 66.3. The first-order valence-corrected chi connectivity index (χ1v) is 34.0. The van der Waals surface area contributed by atoms with Crippen LogP contribution in [0.2, 0.25) is 0 Å². The molecule has 0 amide bonds. The number of allylic oxidation sites excluding steroid dienone is 4. The van der Waals surface area contributed by atoms with Crippen LogP contribution in [0, 0.1) is 0 Å². The van der Waals surface area contributed by atoms with E-state index < -0.39 is 115 Å². The van der Waals surface area contributed by atoms with Gasteiger partial charge < -0.3 is 51.7 Å². The molecule has 0 bridgehead atoms. The number of hydrogen-bond donors (Lipinski definition) is 2. The maximum absolute atomic E-state index is 12.9. The number of unbranched alkanes of at least 4 members (excludes halogenated alkanes) is 2. The average molecular weight is 1270 g/mol. The second-order valence-electron chi connectivity index (χ2n) is 19.8. The molecule has 0 spiro atoms. The summed E-state index contributed by atoms with van der Waals surface area (Å²) in [6, 6.07) is 7.89. The molecular formula is C50H60N2O24S6-4. The highest BCUT2D eigenvalue weighted by Crippen LogP contribution is 2.54. The van der Waals surface area contributed by atoms with Crippen LogP contribution >= 0.6 is 0 Å². The lowest BCUT2D eigenvalue weighted by molar-refractivity contribution is -0.437. The smallest absolute Gasteiger partial charge is 0.303 e. The predicted molar refractivity (Wildman–Crippen MR) is 289 cm³/mol. The first-order valence-electron chi connectivity index (χ1n) is 25.2. The second kappa shape index (κ2) is 26.2. The molecule has 2 N–H and O–H groups in total. The minimum absolute atomic E-state index is 0.00467. The van der Waals surface area contributed by atoms with Gasteiger partial charge in [0.1, 0.15) is 47.0 Å². The molecular weight excluding hydrogens is 1200 g/mol. The second-order valence-corrected chi connectivity index (χ2v) is 28.4. The van der Waals surface area contributed by atoms with Crippen molar-refractivity contribution in [3.05, 3.63) is 83.6 Å². The topological polar surface area (TPSA) is 421 Å². The largest absolute Gasteiger partial charge is 0.748 e. The van der Waals surface area contributed by atoms with E-state index in [9.17, 15) is 87.7 Å². The van der Waals surface area contributed by atoms with Gasteiger partial charge in [0.15, 0.2) is 5.71 Å². The molecule has 2 aliphatic rings. The van der Waals surface area contributed by atoms with Gasteiger partial charge in [0.05, 0.1) is 80.5 Å². The Morgan fingerprint density at radius 2 is 1.15 bits per heavy atom. The molecule has 2 unspecified atom stereocenters. The summed E-state index contributed by atoms with van der Waals surface area (Å²) in [4.78, 5) is 8.98. The molecule has 0 aromatic heterocycles. The number of methoxy groups -OCH3 is 1. The molecule has 4 aromatic rings. The number of nitrogens with zero attached hydrogens (tertiary/aromatic N) is 2. The molecule has 32 heteroatoms. The highest BCUT2D eigenvalue weighted by atomic mass is 32.2. The summed E-state index contributed by atoms with van der Waals surface area (Å²) in [6.07, 6.45) is 4.21. The molecule has 0 saturated carbocycles. The van der Waals surface area contributed by atoms with Gasteiger partial charge in [-0.25, -0.2) is 42.1 Å². The van der Waals surface area contributed by atoms with Gasteiger partial charge in [-0.15, -0.1) is 0 Å². The number of anilines is 1. The Kier molecular flexibility index (Phi) is 21.1. The third-order valence-corrected chi connectivity index (χ3v) is 19.1. The highest BCUT2D eigenvalue weighted by molar-refractivity contribution is 7.87. The summed E-state index contributed by atoms with van der Waals surface area (Å²) in [7, 11) is -30.0. The minimum Gasteiger partial charge on any atom is -0.748 e. The summed E-state index contributed by atoms with van der Waals surface area (Å²) in [5.74, 6) is -2.82. The van der Waals surface area contributed by atoms with E-state index in [2.05, 4.69) is 0 Å². The van der Waals surface area contributed by atoms with Crippen molar-refractivity contribution in [1.29, 1.82) is 0 Å². The maximum atomic E-state index is 12.9. The lowest BCUT2D eigenvalue weighted by Crippen LogP contribution is -2.33. The number of aliphatic carboxylic acids is 1. The molecule has 6 rings (SSSR count). The van der Waals surface area contributed by atoms with Crippen molar-refractivity contribution in [2.45, 2.75) is 95.6 Å². The van der Waals surface area contributed by atoms with Crippen molar-refractivity contribution in [2.75, 3.05) is 82.9 Å². The molecule has 2 atom stereocenters. The van der Waals surface area contributed by atoms with Crippen molar-refractivity contribution in [3.8, 4) is 0 Å². The molecule has 2 heterocycles. The highest BCUT2D eigenvalue weighted by Gasteiger charge is 2.49. The molecule has 0 radical (unpaired) electrons.